The predicted molar refractivity (Wildman–Crippen MR) is 78.1 cm³/mol. The molecular formula is C16H28N2O2. The van der Waals surface area contributed by atoms with Gasteiger partial charge < -0.3 is 15.4 Å². The summed E-state index contributed by atoms with van der Waals surface area (Å²) in [4.78, 5) is 15.0. The highest BCUT2D eigenvalue weighted by atomic mass is 16.5. The number of morpholine rings is 1. The molecule has 0 spiro atoms. The number of nitrogens with zero attached hydrogens (tertiary/aromatic N) is 1. The zero-order valence-electron chi connectivity index (χ0n) is 13.2. The minimum absolute atomic E-state index is 0.0541. The predicted octanol–water partition coefficient (Wildman–Crippen LogP) is 1.78. The fourth-order valence-electron chi connectivity index (χ4n) is 4.86. The summed E-state index contributed by atoms with van der Waals surface area (Å²) < 4.78 is 6.07. The lowest BCUT2D eigenvalue weighted by Gasteiger charge is -2.48. The Balaban J connectivity index is 1.77. The molecule has 0 aromatic heterocycles. The van der Waals surface area contributed by atoms with Gasteiger partial charge in [-0.1, -0.05) is 0 Å². The highest BCUT2D eigenvalue weighted by Gasteiger charge is 2.51. The molecule has 4 nitrogen and oxygen atoms in total. The molecule has 2 bridgehead atoms. The third-order valence-electron chi connectivity index (χ3n) is 5.27. The van der Waals surface area contributed by atoms with E-state index < -0.39 is 0 Å². The van der Waals surface area contributed by atoms with E-state index in [1.54, 1.807) is 0 Å². The van der Waals surface area contributed by atoms with Gasteiger partial charge in [0.2, 0.25) is 5.91 Å². The number of ether oxygens (including phenoxy) is 1. The van der Waals surface area contributed by atoms with Gasteiger partial charge in [0.05, 0.1) is 17.1 Å². The summed E-state index contributed by atoms with van der Waals surface area (Å²) in [5.41, 5.74) is 5.77. The molecule has 1 aliphatic heterocycles. The highest BCUT2D eigenvalue weighted by molar-refractivity contribution is 5.81. The molecule has 2 saturated carbocycles. The van der Waals surface area contributed by atoms with Crippen LogP contribution in [-0.2, 0) is 9.53 Å². The first-order valence-electron chi connectivity index (χ1n) is 7.93. The molecule has 20 heavy (non-hydrogen) atoms. The Labute approximate surface area is 122 Å². The number of carbonyl (C=O) groups excluding carboxylic acids is 1. The molecule has 1 heterocycles. The molecule has 3 rings (SSSR count). The van der Waals surface area contributed by atoms with Crippen molar-refractivity contribution in [3.05, 3.63) is 0 Å². The number of carbonyl (C=O) groups is 1. The molecule has 0 aromatic carbocycles. The second kappa shape index (κ2) is 4.44. The van der Waals surface area contributed by atoms with Gasteiger partial charge in [-0.05, 0) is 58.8 Å². The monoisotopic (exact) mass is 280 g/mol. The second-order valence-electron chi connectivity index (χ2n) is 8.25. The third-order valence-corrected chi connectivity index (χ3v) is 5.27. The first-order chi connectivity index (χ1) is 9.19. The zero-order valence-corrected chi connectivity index (χ0v) is 13.2. The number of rotatable bonds is 1. The smallest absolute Gasteiger partial charge is 0.227 e. The minimum atomic E-state index is -0.279. The van der Waals surface area contributed by atoms with Crippen molar-refractivity contribution in [2.75, 3.05) is 13.1 Å². The number of hydrogen-bond acceptors (Lipinski definition) is 3. The summed E-state index contributed by atoms with van der Waals surface area (Å²) >= 11 is 0. The fourth-order valence-corrected chi connectivity index (χ4v) is 4.86. The van der Waals surface area contributed by atoms with Crippen molar-refractivity contribution in [3.8, 4) is 0 Å². The zero-order chi connectivity index (χ0) is 14.7. The van der Waals surface area contributed by atoms with Gasteiger partial charge in [-0.15, -0.1) is 0 Å². The Morgan fingerprint density at radius 3 is 2.15 bits per heavy atom. The van der Waals surface area contributed by atoms with Gasteiger partial charge >= 0.3 is 0 Å². The van der Waals surface area contributed by atoms with Crippen LogP contribution in [0.1, 0.15) is 47.0 Å². The molecular weight excluding hydrogens is 252 g/mol. The lowest BCUT2D eigenvalue weighted by Crippen LogP contribution is -2.61. The van der Waals surface area contributed by atoms with Gasteiger partial charge in [0.1, 0.15) is 0 Å². The van der Waals surface area contributed by atoms with E-state index in [9.17, 15) is 4.79 Å². The van der Waals surface area contributed by atoms with E-state index in [4.69, 9.17) is 10.5 Å². The molecule has 114 valence electrons. The number of hydrogen-bond donors (Lipinski definition) is 1. The van der Waals surface area contributed by atoms with Crippen LogP contribution in [0.5, 0.6) is 0 Å². The summed E-state index contributed by atoms with van der Waals surface area (Å²) in [5.74, 6) is 1.43. The van der Waals surface area contributed by atoms with Crippen molar-refractivity contribution in [3.63, 3.8) is 0 Å². The number of fused-ring (bicyclic) bond motifs is 2. The molecule has 0 radical (unpaired) electrons. The van der Waals surface area contributed by atoms with Crippen molar-refractivity contribution < 1.29 is 9.53 Å². The van der Waals surface area contributed by atoms with Crippen LogP contribution in [0.25, 0.3) is 0 Å². The van der Waals surface area contributed by atoms with E-state index in [2.05, 4.69) is 27.7 Å². The van der Waals surface area contributed by atoms with E-state index >= 15 is 0 Å². The molecule has 4 atom stereocenters. The van der Waals surface area contributed by atoms with E-state index in [0.717, 1.165) is 6.42 Å². The Hall–Kier alpha value is -0.610. The lowest BCUT2D eigenvalue weighted by molar-refractivity contribution is -0.191. The van der Waals surface area contributed by atoms with E-state index in [1.807, 2.05) is 4.90 Å². The Bertz CT molecular complexity index is 401. The van der Waals surface area contributed by atoms with Gasteiger partial charge in [0, 0.05) is 19.1 Å². The summed E-state index contributed by atoms with van der Waals surface area (Å²) in [6.07, 6.45) is 3.57. The summed E-state index contributed by atoms with van der Waals surface area (Å²) in [6.45, 7) is 9.61. The van der Waals surface area contributed by atoms with E-state index in [1.165, 1.54) is 12.8 Å². The Morgan fingerprint density at radius 1 is 1.10 bits per heavy atom. The normalized spacial score (nSPS) is 42.0. The summed E-state index contributed by atoms with van der Waals surface area (Å²) in [5, 5.41) is 0. The molecule has 2 aliphatic carbocycles. The lowest BCUT2D eigenvalue weighted by atomic mass is 9.83. The summed E-state index contributed by atoms with van der Waals surface area (Å²) in [7, 11) is 0. The van der Waals surface area contributed by atoms with Crippen LogP contribution < -0.4 is 5.73 Å². The molecule has 4 heteroatoms. The van der Waals surface area contributed by atoms with Crippen molar-refractivity contribution in [1.82, 2.24) is 4.90 Å². The van der Waals surface area contributed by atoms with Crippen molar-refractivity contribution in [2.24, 2.45) is 23.5 Å². The quantitative estimate of drug-likeness (QED) is 0.796. The average Bonchev–Trinajstić information content (AvgIpc) is 2.84. The SMILES string of the molecule is CC1(C)CN(C(=O)C2C3CCC(C3)C2N)CC(C)(C)O1. The molecule has 3 fully saturated rings. The largest absolute Gasteiger partial charge is 0.366 e. The van der Waals surface area contributed by atoms with Crippen LogP contribution in [0, 0.1) is 17.8 Å². The van der Waals surface area contributed by atoms with Gasteiger partial charge in [-0.3, -0.25) is 4.79 Å². The first-order valence-corrected chi connectivity index (χ1v) is 7.93. The van der Waals surface area contributed by atoms with Crippen molar-refractivity contribution >= 4 is 5.91 Å². The Morgan fingerprint density at radius 2 is 1.65 bits per heavy atom. The van der Waals surface area contributed by atoms with Crippen LogP contribution >= 0.6 is 0 Å². The molecule has 3 aliphatic rings. The first kappa shape index (κ1) is 14.3. The van der Waals surface area contributed by atoms with Gasteiger partial charge in [-0.25, -0.2) is 0 Å². The van der Waals surface area contributed by atoms with Crippen LogP contribution in [0.3, 0.4) is 0 Å². The fraction of sp³-hybridized carbons (Fsp3) is 0.938. The number of amides is 1. The van der Waals surface area contributed by atoms with Crippen LogP contribution in [-0.4, -0.2) is 41.1 Å². The standard InChI is InChI=1S/C16H28N2O2/c1-15(2)8-18(9-16(3,4)20-15)14(19)12-10-5-6-11(7-10)13(12)17/h10-13H,5-9,17H2,1-4H3. The van der Waals surface area contributed by atoms with Crippen LogP contribution in [0.2, 0.25) is 0 Å². The van der Waals surface area contributed by atoms with E-state index in [0.29, 0.717) is 24.9 Å². The van der Waals surface area contributed by atoms with Gasteiger partial charge in [0.25, 0.3) is 0 Å². The van der Waals surface area contributed by atoms with Crippen LogP contribution in [0.15, 0.2) is 0 Å². The van der Waals surface area contributed by atoms with Gasteiger partial charge in [-0.2, -0.15) is 0 Å². The van der Waals surface area contributed by atoms with Crippen LogP contribution in [0.4, 0.5) is 0 Å². The van der Waals surface area contributed by atoms with Gasteiger partial charge in [0.15, 0.2) is 0 Å². The Kier molecular flexibility index (Phi) is 3.18. The topological polar surface area (TPSA) is 55.6 Å². The van der Waals surface area contributed by atoms with E-state index in [-0.39, 0.29) is 29.1 Å². The second-order valence-corrected chi connectivity index (χ2v) is 8.25. The maximum Gasteiger partial charge on any atom is 0.227 e. The summed E-state index contributed by atoms with van der Waals surface area (Å²) in [6, 6.07) is 0.0790. The minimum Gasteiger partial charge on any atom is -0.366 e. The van der Waals surface area contributed by atoms with Crippen molar-refractivity contribution in [2.45, 2.75) is 64.2 Å². The highest BCUT2D eigenvalue weighted by Crippen LogP contribution is 2.48. The maximum absolute atomic E-state index is 13.0. The van der Waals surface area contributed by atoms with Crippen molar-refractivity contribution in [1.29, 1.82) is 0 Å². The average molecular weight is 280 g/mol. The molecule has 1 amide bonds. The third kappa shape index (κ3) is 2.37. The molecule has 1 saturated heterocycles. The maximum atomic E-state index is 13.0. The molecule has 2 N–H and O–H groups in total. The molecule has 0 aromatic rings. The number of nitrogens with two attached hydrogens (primary N) is 1. The molecule has 4 unspecified atom stereocenters.